The minimum atomic E-state index is 1.14. The molecule has 2 aliphatic rings. The second-order valence-corrected chi connectivity index (χ2v) is 12.5. The smallest absolute Gasteiger partial charge is 0.158 e. The monoisotopic (exact) mass is 600 g/mol. The van der Waals surface area contributed by atoms with Crippen LogP contribution in [0.2, 0.25) is 0 Å². The molecule has 0 radical (unpaired) electrons. The molecule has 0 atom stereocenters. The van der Waals surface area contributed by atoms with Crippen LogP contribution < -0.4 is 9.24 Å². The molecule has 0 N–H and O–H groups in total. The molecule has 2 heterocycles. The number of benzene rings is 7. The number of rotatable bonds is 4. The van der Waals surface area contributed by atoms with Crippen LogP contribution in [0.5, 0.6) is 0 Å². The molecule has 0 saturated carbocycles. The van der Waals surface area contributed by atoms with Gasteiger partial charge < -0.3 is 0 Å². The third-order valence-corrected chi connectivity index (χ3v) is 9.60. The molecule has 0 unspecified atom stereocenters. The first-order valence-electron chi connectivity index (χ1n) is 16.2. The van der Waals surface area contributed by atoms with Crippen molar-refractivity contribution in [2.45, 2.75) is 13.8 Å². The second-order valence-electron chi connectivity index (χ2n) is 12.5. The number of nitrogens with zero attached hydrogens (tertiary/aromatic N) is 2. The highest BCUT2D eigenvalue weighted by molar-refractivity contribution is 6.19. The SMILES string of the molecule is C/C=C\c1ccccc1C=[N+]1c2cc(-c3cc4ccccc4c4ccc(C)cc34)ccc2-c2ccc3cc(C4=CC=[N+]=C4)ccc3c21. The van der Waals surface area contributed by atoms with E-state index in [0.29, 0.717) is 0 Å². The Morgan fingerprint density at radius 3 is 2.26 bits per heavy atom. The van der Waals surface area contributed by atoms with E-state index in [9.17, 15) is 0 Å². The van der Waals surface area contributed by atoms with Crippen LogP contribution in [0.25, 0.3) is 66.2 Å². The summed E-state index contributed by atoms with van der Waals surface area (Å²) in [4.78, 5) is 0. The largest absolute Gasteiger partial charge is 0.300 e. The van der Waals surface area contributed by atoms with Crippen molar-refractivity contribution < 1.29 is 0 Å². The number of aryl methyl sites for hydroxylation is 1. The van der Waals surface area contributed by atoms with Gasteiger partial charge in [-0.15, -0.1) is 4.67 Å². The summed E-state index contributed by atoms with van der Waals surface area (Å²) in [5.74, 6) is 0. The van der Waals surface area contributed by atoms with Gasteiger partial charge in [0.25, 0.3) is 12.4 Å². The Morgan fingerprint density at radius 1 is 0.596 bits per heavy atom. The highest BCUT2D eigenvalue weighted by atomic mass is 15.0. The Kier molecular flexibility index (Phi) is 6.25. The molecule has 47 heavy (non-hydrogen) atoms. The van der Waals surface area contributed by atoms with E-state index in [0.717, 1.165) is 5.57 Å². The highest BCUT2D eigenvalue weighted by Gasteiger charge is 2.34. The molecule has 0 bridgehead atoms. The lowest BCUT2D eigenvalue weighted by molar-refractivity contribution is 1.15. The first-order chi connectivity index (χ1) is 23.2. The molecule has 0 aromatic heterocycles. The topological polar surface area (TPSA) is 17.1 Å². The van der Waals surface area contributed by atoms with Crippen molar-refractivity contribution in [2.24, 2.45) is 0 Å². The molecule has 0 amide bonds. The maximum atomic E-state index is 4.30. The van der Waals surface area contributed by atoms with E-state index in [4.69, 9.17) is 0 Å². The van der Waals surface area contributed by atoms with Gasteiger partial charge >= 0.3 is 0 Å². The van der Waals surface area contributed by atoms with Crippen molar-refractivity contribution in [1.82, 2.24) is 9.24 Å². The van der Waals surface area contributed by atoms with Gasteiger partial charge in [-0.2, -0.15) is 4.58 Å². The molecule has 2 heteroatoms. The quantitative estimate of drug-likeness (QED) is 0.109. The Balaban J connectivity index is 1.30. The zero-order valence-electron chi connectivity index (χ0n) is 26.4. The summed E-state index contributed by atoms with van der Waals surface area (Å²) in [6.07, 6.45) is 12.5. The minimum Gasteiger partial charge on any atom is -0.158 e. The predicted octanol–water partition coefficient (Wildman–Crippen LogP) is 10.7. The lowest BCUT2D eigenvalue weighted by Crippen LogP contribution is -2.05. The van der Waals surface area contributed by atoms with Gasteiger partial charge in [0.1, 0.15) is 0 Å². The Morgan fingerprint density at radius 2 is 1.38 bits per heavy atom. The van der Waals surface area contributed by atoms with Crippen molar-refractivity contribution in [3.63, 3.8) is 0 Å². The van der Waals surface area contributed by atoms with Crippen LogP contribution in [0.15, 0.2) is 133 Å². The summed E-state index contributed by atoms with van der Waals surface area (Å²) in [6, 6.07) is 45.0. The molecule has 7 aromatic rings. The molecule has 0 saturated heterocycles. The van der Waals surface area contributed by atoms with E-state index in [1.807, 2.05) is 12.4 Å². The molecular formula is C45H32N2+2. The molecule has 0 fully saturated rings. The highest BCUT2D eigenvalue weighted by Crippen LogP contribution is 2.50. The molecule has 0 spiro atoms. The first kappa shape index (κ1) is 27.2. The van der Waals surface area contributed by atoms with E-state index in [1.54, 1.807) is 0 Å². The Labute approximate surface area is 274 Å². The summed E-state index contributed by atoms with van der Waals surface area (Å²) in [6.45, 7) is 4.26. The van der Waals surface area contributed by atoms with E-state index in [1.165, 1.54) is 88.2 Å². The van der Waals surface area contributed by atoms with Gasteiger partial charge in [-0.1, -0.05) is 96.6 Å². The lowest BCUT2D eigenvalue weighted by atomic mass is 9.91. The fourth-order valence-electron chi connectivity index (χ4n) is 7.37. The predicted molar refractivity (Wildman–Crippen MR) is 205 cm³/mol. The fraction of sp³-hybridized carbons (Fsp3) is 0.0444. The zero-order valence-corrected chi connectivity index (χ0v) is 26.4. The number of allylic oxidation sites excluding steroid dienone is 3. The van der Waals surface area contributed by atoms with E-state index in [2.05, 4.69) is 169 Å². The molecule has 7 aromatic carbocycles. The fourth-order valence-corrected chi connectivity index (χ4v) is 7.37. The average Bonchev–Trinajstić information content (AvgIpc) is 3.76. The van der Waals surface area contributed by atoms with Gasteiger partial charge in [0.2, 0.25) is 11.4 Å². The van der Waals surface area contributed by atoms with Crippen LogP contribution in [0.1, 0.15) is 29.2 Å². The van der Waals surface area contributed by atoms with Crippen LogP contribution in [0, 0.1) is 6.92 Å². The van der Waals surface area contributed by atoms with Gasteiger partial charge in [-0.05, 0) is 99.4 Å². The summed E-state index contributed by atoms with van der Waals surface area (Å²) in [5, 5.41) is 7.57. The molecule has 2 nitrogen and oxygen atoms in total. The lowest BCUT2D eigenvalue weighted by Gasteiger charge is -2.12. The minimum absolute atomic E-state index is 1.14. The van der Waals surface area contributed by atoms with Gasteiger partial charge in [-0.3, -0.25) is 0 Å². The summed E-state index contributed by atoms with van der Waals surface area (Å²) >= 11 is 0. The van der Waals surface area contributed by atoms with Gasteiger partial charge in [0.05, 0.1) is 22.1 Å². The zero-order chi connectivity index (χ0) is 31.5. The Bertz CT molecular complexity index is 2620. The van der Waals surface area contributed by atoms with Crippen molar-refractivity contribution in [3.05, 3.63) is 156 Å². The van der Waals surface area contributed by atoms with Crippen LogP contribution in [-0.4, -0.2) is 18.6 Å². The summed E-state index contributed by atoms with van der Waals surface area (Å²) in [7, 11) is 0. The van der Waals surface area contributed by atoms with Gasteiger partial charge in [-0.25, -0.2) is 0 Å². The third kappa shape index (κ3) is 4.42. The normalized spacial score (nSPS) is 14.2. The van der Waals surface area contributed by atoms with E-state index in [-0.39, 0.29) is 0 Å². The van der Waals surface area contributed by atoms with Crippen LogP contribution >= 0.6 is 0 Å². The summed E-state index contributed by atoms with van der Waals surface area (Å²) < 4.78 is 6.73. The molecule has 9 rings (SSSR count). The van der Waals surface area contributed by atoms with Gasteiger partial charge in [0, 0.05) is 17.7 Å². The Hall–Kier alpha value is -6.08. The van der Waals surface area contributed by atoms with Crippen molar-refractivity contribution in [1.29, 1.82) is 0 Å². The number of hydrogen-bond donors (Lipinski definition) is 0. The van der Waals surface area contributed by atoms with Crippen LogP contribution in [0.3, 0.4) is 0 Å². The number of fused-ring (bicyclic) bond motifs is 8. The van der Waals surface area contributed by atoms with Crippen LogP contribution in [0.4, 0.5) is 11.4 Å². The first-order valence-corrected chi connectivity index (χ1v) is 16.2. The number of hydrogen-bond acceptors (Lipinski definition) is 0. The molecule has 2 aliphatic heterocycles. The maximum absolute atomic E-state index is 4.30. The van der Waals surface area contributed by atoms with Crippen molar-refractivity contribution in [2.75, 3.05) is 0 Å². The second kappa shape index (κ2) is 10.8. The molecule has 220 valence electrons. The summed E-state index contributed by atoms with van der Waals surface area (Å²) in [5.41, 5.74) is 13.3. The maximum Gasteiger partial charge on any atom is 0.300 e. The molecular weight excluding hydrogens is 569 g/mol. The third-order valence-electron chi connectivity index (χ3n) is 9.60. The van der Waals surface area contributed by atoms with Gasteiger partial charge in [0.15, 0.2) is 6.21 Å². The standard InChI is InChI=1S/C45H32N2/c1-3-8-30-9-4-5-11-36(30)28-47-44-26-34(42-25-32-10-6-7-12-37(32)39-17-13-29(2)23-43(39)42)15-19-40(44)41-20-16-33-24-31(35-21-22-46-27-35)14-18-38(33)45(41)47/h3-28H,1-2H3/q+2/b8-3-,47-28?. The van der Waals surface area contributed by atoms with Crippen molar-refractivity contribution in [3.8, 4) is 22.3 Å². The van der Waals surface area contributed by atoms with Crippen molar-refractivity contribution >= 4 is 74.0 Å². The van der Waals surface area contributed by atoms with E-state index >= 15 is 0 Å². The van der Waals surface area contributed by atoms with Crippen LogP contribution in [-0.2, 0) is 0 Å². The van der Waals surface area contributed by atoms with E-state index < -0.39 is 0 Å². The average molecular weight is 601 g/mol. The molecule has 0 aliphatic carbocycles.